The zero-order valence-corrected chi connectivity index (χ0v) is 19.8. The van der Waals surface area contributed by atoms with Crippen molar-refractivity contribution < 1.29 is 19.7 Å². The fourth-order valence-electron chi connectivity index (χ4n) is 3.44. The molecular weight excluding hydrogens is 512 g/mol. The van der Waals surface area contributed by atoms with Crippen LogP contribution in [0.1, 0.15) is 23.6 Å². The second kappa shape index (κ2) is 10.4. The van der Waals surface area contributed by atoms with Crippen molar-refractivity contribution in [3.8, 4) is 11.5 Å². The van der Waals surface area contributed by atoms with E-state index in [1.165, 1.54) is 0 Å². The average molecular weight is 536 g/mol. The zero-order valence-electron chi connectivity index (χ0n) is 16.6. The first kappa shape index (κ1) is 22.8. The van der Waals surface area contributed by atoms with Gasteiger partial charge in [-0.05, 0) is 79.7 Å². The Kier molecular flexibility index (Phi) is 7.94. The first-order valence-electron chi connectivity index (χ1n) is 9.63. The van der Waals surface area contributed by atoms with Crippen LogP contribution in [0.5, 0.6) is 11.5 Å². The van der Waals surface area contributed by atoms with E-state index in [2.05, 4.69) is 75.2 Å². The number of benzene rings is 3. The van der Waals surface area contributed by atoms with Crippen LogP contribution in [0.25, 0.3) is 0 Å². The molecular formula is C24H24Br2O4. The summed E-state index contributed by atoms with van der Waals surface area (Å²) in [6.07, 6.45) is 0. The number of hydrogen-bond donors (Lipinski definition) is 2. The number of halogens is 2. The minimum absolute atomic E-state index is 0.0331. The topological polar surface area (TPSA) is 58.9 Å². The summed E-state index contributed by atoms with van der Waals surface area (Å²) in [5.41, 5.74) is 2.90. The van der Waals surface area contributed by atoms with E-state index in [1.807, 2.05) is 30.3 Å². The number of aliphatic hydroxyl groups is 2. The van der Waals surface area contributed by atoms with Gasteiger partial charge in [-0.2, -0.15) is 0 Å². The van der Waals surface area contributed by atoms with Gasteiger partial charge in [-0.1, -0.05) is 42.5 Å². The van der Waals surface area contributed by atoms with E-state index in [-0.39, 0.29) is 26.4 Å². The molecule has 3 rings (SSSR count). The van der Waals surface area contributed by atoms with Gasteiger partial charge in [0.25, 0.3) is 0 Å². The summed E-state index contributed by atoms with van der Waals surface area (Å²) >= 11 is 7.22. The van der Waals surface area contributed by atoms with Gasteiger partial charge in [0, 0.05) is 5.41 Å². The van der Waals surface area contributed by atoms with Crippen LogP contribution in [0.4, 0.5) is 0 Å². The maximum Gasteiger partial charge on any atom is 0.133 e. The van der Waals surface area contributed by atoms with E-state index in [9.17, 15) is 0 Å². The molecule has 0 unspecified atom stereocenters. The SMILES string of the molecule is CC(c1ccccc1)(c1ccc(OCCO)c(Br)c1)c1ccc(OCCO)c(Br)c1. The molecule has 2 N–H and O–H groups in total. The first-order valence-corrected chi connectivity index (χ1v) is 11.2. The predicted molar refractivity (Wildman–Crippen MR) is 125 cm³/mol. The third-order valence-corrected chi connectivity index (χ3v) is 6.31. The van der Waals surface area contributed by atoms with E-state index in [4.69, 9.17) is 19.7 Å². The monoisotopic (exact) mass is 534 g/mol. The lowest BCUT2D eigenvalue weighted by atomic mass is 9.71. The highest BCUT2D eigenvalue weighted by molar-refractivity contribution is 9.10. The molecule has 0 amide bonds. The fourth-order valence-corrected chi connectivity index (χ4v) is 4.43. The maximum absolute atomic E-state index is 9.03. The highest BCUT2D eigenvalue weighted by Crippen LogP contribution is 2.43. The fraction of sp³-hybridized carbons (Fsp3) is 0.250. The van der Waals surface area contributed by atoms with E-state index in [1.54, 1.807) is 0 Å². The molecule has 0 bridgehead atoms. The second-order valence-corrected chi connectivity index (χ2v) is 8.63. The van der Waals surface area contributed by atoms with Crippen molar-refractivity contribution in [1.29, 1.82) is 0 Å². The maximum atomic E-state index is 9.03. The number of hydrogen-bond acceptors (Lipinski definition) is 4. The van der Waals surface area contributed by atoms with Gasteiger partial charge >= 0.3 is 0 Å². The lowest BCUT2D eigenvalue weighted by molar-refractivity contribution is 0.200. The molecule has 0 aliphatic carbocycles. The van der Waals surface area contributed by atoms with E-state index in [0.29, 0.717) is 11.5 Å². The van der Waals surface area contributed by atoms with E-state index in [0.717, 1.165) is 25.6 Å². The summed E-state index contributed by atoms with van der Waals surface area (Å²) in [4.78, 5) is 0. The normalized spacial score (nSPS) is 11.4. The summed E-state index contributed by atoms with van der Waals surface area (Å²) in [5, 5.41) is 18.1. The van der Waals surface area contributed by atoms with Crippen molar-refractivity contribution in [2.24, 2.45) is 0 Å². The van der Waals surface area contributed by atoms with Crippen molar-refractivity contribution in [2.45, 2.75) is 12.3 Å². The molecule has 158 valence electrons. The molecule has 0 fully saturated rings. The zero-order chi connectivity index (χ0) is 21.6. The molecule has 30 heavy (non-hydrogen) atoms. The summed E-state index contributed by atoms with van der Waals surface area (Å²) in [6, 6.07) is 22.4. The molecule has 0 aliphatic rings. The molecule has 0 saturated carbocycles. The van der Waals surface area contributed by atoms with Gasteiger partial charge in [0.05, 0.1) is 22.2 Å². The summed E-state index contributed by atoms with van der Waals surface area (Å²) in [7, 11) is 0. The van der Waals surface area contributed by atoms with Gasteiger partial charge in [0.15, 0.2) is 0 Å². The van der Waals surface area contributed by atoms with Crippen LogP contribution in [0, 0.1) is 0 Å². The number of aliphatic hydroxyl groups excluding tert-OH is 2. The third kappa shape index (κ3) is 4.89. The lowest BCUT2D eigenvalue weighted by Gasteiger charge is -2.32. The highest BCUT2D eigenvalue weighted by Gasteiger charge is 2.32. The van der Waals surface area contributed by atoms with Crippen LogP contribution in [-0.2, 0) is 5.41 Å². The van der Waals surface area contributed by atoms with Crippen LogP contribution in [0.3, 0.4) is 0 Å². The van der Waals surface area contributed by atoms with Gasteiger partial charge in [0.1, 0.15) is 24.7 Å². The van der Waals surface area contributed by atoms with Gasteiger partial charge in [-0.15, -0.1) is 0 Å². The Hall–Kier alpha value is -1.86. The van der Waals surface area contributed by atoms with Crippen molar-refractivity contribution >= 4 is 31.9 Å². The summed E-state index contributed by atoms with van der Waals surface area (Å²) in [6.45, 7) is 2.62. The van der Waals surface area contributed by atoms with Crippen LogP contribution in [0.2, 0.25) is 0 Å². The minimum Gasteiger partial charge on any atom is -0.490 e. The molecule has 0 atom stereocenters. The Morgan fingerprint density at radius 3 is 1.57 bits per heavy atom. The van der Waals surface area contributed by atoms with Crippen LogP contribution < -0.4 is 9.47 Å². The highest BCUT2D eigenvalue weighted by atomic mass is 79.9. The lowest BCUT2D eigenvalue weighted by Crippen LogP contribution is -2.25. The molecule has 0 aliphatic heterocycles. The number of rotatable bonds is 9. The Morgan fingerprint density at radius 2 is 1.17 bits per heavy atom. The van der Waals surface area contributed by atoms with E-state index >= 15 is 0 Å². The van der Waals surface area contributed by atoms with Crippen LogP contribution >= 0.6 is 31.9 Å². The molecule has 0 aromatic heterocycles. The molecule has 4 nitrogen and oxygen atoms in total. The van der Waals surface area contributed by atoms with Crippen molar-refractivity contribution in [3.63, 3.8) is 0 Å². The smallest absolute Gasteiger partial charge is 0.133 e. The predicted octanol–water partition coefficient (Wildman–Crippen LogP) is 5.31. The third-order valence-electron chi connectivity index (χ3n) is 5.07. The van der Waals surface area contributed by atoms with Gasteiger partial charge in [0.2, 0.25) is 0 Å². The molecule has 0 radical (unpaired) electrons. The van der Waals surface area contributed by atoms with Crippen LogP contribution in [0.15, 0.2) is 75.7 Å². The largest absolute Gasteiger partial charge is 0.490 e. The standard InChI is InChI=1S/C24H24Br2O4/c1-24(17-5-3-2-4-6-17,18-7-9-22(20(25)15-18)29-13-11-27)19-8-10-23(21(26)16-19)30-14-12-28/h2-10,15-16,27-28H,11-14H2,1H3. The van der Waals surface area contributed by atoms with Gasteiger partial charge < -0.3 is 19.7 Å². The Balaban J connectivity index is 2.10. The first-order chi connectivity index (χ1) is 14.5. The molecule has 3 aromatic carbocycles. The van der Waals surface area contributed by atoms with Gasteiger partial charge in [-0.3, -0.25) is 0 Å². The summed E-state index contributed by atoms with van der Waals surface area (Å²) in [5.74, 6) is 1.38. The van der Waals surface area contributed by atoms with Crippen molar-refractivity contribution in [2.75, 3.05) is 26.4 Å². The Labute approximate surface area is 193 Å². The average Bonchev–Trinajstić information content (AvgIpc) is 2.77. The molecule has 6 heteroatoms. The number of ether oxygens (including phenoxy) is 2. The second-order valence-electron chi connectivity index (χ2n) is 6.93. The molecule has 0 spiro atoms. The quantitative estimate of drug-likeness (QED) is 0.365. The van der Waals surface area contributed by atoms with Crippen molar-refractivity contribution in [3.05, 3.63) is 92.4 Å². The van der Waals surface area contributed by atoms with Crippen molar-refractivity contribution in [1.82, 2.24) is 0 Å². The molecule has 3 aromatic rings. The molecule has 0 heterocycles. The molecule has 0 saturated heterocycles. The van der Waals surface area contributed by atoms with Crippen LogP contribution in [-0.4, -0.2) is 36.6 Å². The van der Waals surface area contributed by atoms with E-state index < -0.39 is 5.41 Å². The summed E-state index contributed by atoms with van der Waals surface area (Å²) < 4.78 is 12.9. The van der Waals surface area contributed by atoms with Gasteiger partial charge in [-0.25, -0.2) is 0 Å². The Bertz CT molecular complexity index is 919. The minimum atomic E-state index is -0.433. The Morgan fingerprint density at radius 1 is 0.700 bits per heavy atom.